The summed E-state index contributed by atoms with van der Waals surface area (Å²) < 4.78 is 4.79. The zero-order chi connectivity index (χ0) is 18.7. The van der Waals surface area contributed by atoms with E-state index in [1.54, 1.807) is 20.8 Å². The highest BCUT2D eigenvalue weighted by Gasteiger charge is 2.26. The van der Waals surface area contributed by atoms with Crippen LogP contribution in [0, 0.1) is 13.8 Å². The maximum Gasteiger partial charge on any atom is 0.339 e. The number of hydrogen-bond donors (Lipinski definition) is 2. The van der Waals surface area contributed by atoms with Crippen molar-refractivity contribution < 1.29 is 14.3 Å². The molecule has 134 valence electrons. The summed E-state index contributed by atoms with van der Waals surface area (Å²) in [4.78, 5) is 27.7. The van der Waals surface area contributed by atoms with Crippen LogP contribution < -0.4 is 5.32 Å². The fraction of sp³-hybridized carbons (Fsp3) is 0.368. The number of hydrogen-bond acceptors (Lipinski definition) is 4. The number of esters is 1. The van der Waals surface area contributed by atoms with Crippen molar-refractivity contribution in [3.63, 3.8) is 0 Å². The van der Waals surface area contributed by atoms with E-state index in [2.05, 4.69) is 10.3 Å². The second-order valence-corrected chi connectivity index (χ2v) is 6.52. The van der Waals surface area contributed by atoms with E-state index in [1.165, 1.54) is 7.11 Å². The van der Waals surface area contributed by atoms with Gasteiger partial charge in [0.05, 0.1) is 24.4 Å². The van der Waals surface area contributed by atoms with E-state index in [0.717, 1.165) is 5.56 Å². The molecule has 0 fully saturated rings. The van der Waals surface area contributed by atoms with Crippen LogP contribution in [0.4, 0.5) is 0 Å². The first-order valence-electron chi connectivity index (χ1n) is 8.10. The molecular formula is C19H23ClN2O3. The number of aromatic nitrogens is 1. The van der Waals surface area contributed by atoms with Gasteiger partial charge in [0.25, 0.3) is 0 Å². The molecule has 1 aromatic carbocycles. The summed E-state index contributed by atoms with van der Waals surface area (Å²) in [5.41, 5.74) is 2.99. The molecule has 25 heavy (non-hydrogen) atoms. The summed E-state index contributed by atoms with van der Waals surface area (Å²) in [6, 6.07) is 6.98. The van der Waals surface area contributed by atoms with E-state index < -0.39 is 12.0 Å². The van der Waals surface area contributed by atoms with Crippen LogP contribution in [0.2, 0.25) is 5.02 Å². The SMILES string of the molecule is COC(=O)c1c(C)[nH]c(C(=O)[C@H](C)N[C@@H](C)c2ccccc2Cl)c1C. The number of aryl methyl sites for hydroxylation is 1. The van der Waals surface area contributed by atoms with Crippen LogP contribution in [0.5, 0.6) is 0 Å². The number of ketones is 1. The summed E-state index contributed by atoms with van der Waals surface area (Å²) in [7, 11) is 1.32. The summed E-state index contributed by atoms with van der Waals surface area (Å²) in [5, 5.41) is 3.92. The fourth-order valence-electron chi connectivity index (χ4n) is 2.99. The van der Waals surface area contributed by atoms with E-state index in [0.29, 0.717) is 27.5 Å². The Bertz CT molecular complexity index is 798. The van der Waals surface area contributed by atoms with Crippen LogP contribution in [0.3, 0.4) is 0 Å². The smallest absolute Gasteiger partial charge is 0.339 e. The summed E-state index contributed by atoms with van der Waals surface area (Å²) in [6.45, 7) is 7.24. The Morgan fingerprint density at radius 1 is 1.20 bits per heavy atom. The molecule has 0 aliphatic heterocycles. The van der Waals surface area contributed by atoms with Crippen molar-refractivity contribution in [3.05, 3.63) is 57.4 Å². The third-order valence-electron chi connectivity index (χ3n) is 4.34. The van der Waals surface area contributed by atoms with E-state index in [1.807, 2.05) is 31.2 Å². The van der Waals surface area contributed by atoms with E-state index in [9.17, 15) is 9.59 Å². The van der Waals surface area contributed by atoms with Gasteiger partial charge in [-0.1, -0.05) is 29.8 Å². The van der Waals surface area contributed by atoms with Gasteiger partial charge in [-0.3, -0.25) is 4.79 Å². The zero-order valence-electron chi connectivity index (χ0n) is 15.1. The largest absolute Gasteiger partial charge is 0.465 e. The van der Waals surface area contributed by atoms with Crippen molar-refractivity contribution in [2.24, 2.45) is 0 Å². The Morgan fingerprint density at radius 2 is 1.84 bits per heavy atom. The van der Waals surface area contributed by atoms with Gasteiger partial charge in [-0.2, -0.15) is 0 Å². The number of H-pyrrole nitrogens is 1. The van der Waals surface area contributed by atoms with Gasteiger partial charge in [0, 0.05) is 16.8 Å². The van der Waals surface area contributed by atoms with E-state index in [4.69, 9.17) is 16.3 Å². The molecule has 0 saturated heterocycles. The number of rotatable bonds is 6. The molecule has 0 saturated carbocycles. The molecule has 0 spiro atoms. The molecule has 5 nitrogen and oxygen atoms in total. The fourth-order valence-corrected chi connectivity index (χ4v) is 3.29. The number of nitrogens with one attached hydrogen (secondary N) is 2. The van der Waals surface area contributed by atoms with Crippen molar-refractivity contribution >= 4 is 23.4 Å². The second-order valence-electron chi connectivity index (χ2n) is 6.11. The molecule has 2 N–H and O–H groups in total. The quantitative estimate of drug-likeness (QED) is 0.602. The van der Waals surface area contributed by atoms with Crippen LogP contribution in [-0.4, -0.2) is 29.9 Å². The van der Waals surface area contributed by atoms with Crippen molar-refractivity contribution in [2.45, 2.75) is 39.8 Å². The van der Waals surface area contributed by atoms with Gasteiger partial charge >= 0.3 is 5.97 Å². The highest BCUT2D eigenvalue weighted by Crippen LogP contribution is 2.24. The summed E-state index contributed by atoms with van der Waals surface area (Å²) >= 11 is 6.22. The minimum atomic E-state index is -0.450. The monoisotopic (exact) mass is 362 g/mol. The van der Waals surface area contributed by atoms with Gasteiger partial charge in [0.15, 0.2) is 5.78 Å². The Kier molecular flexibility index (Phi) is 6.03. The summed E-state index contributed by atoms with van der Waals surface area (Å²) in [6.07, 6.45) is 0. The number of ether oxygens (including phenoxy) is 1. The zero-order valence-corrected chi connectivity index (χ0v) is 15.8. The van der Waals surface area contributed by atoms with Gasteiger partial charge < -0.3 is 15.0 Å². The van der Waals surface area contributed by atoms with Crippen LogP contribution >= 0.6 is 11.6 Å². The average molecular weight is 363 g/mol. The first-order chi connectivity index (χ1) is 11.8. The maximum atomic E-state index is 12.8. The predicted molar refractivity (Wildman–Crippen MR) is 98.4 cm³/mol. The van der Waals surface area contributed by atoms with Crippen LogP contribution in [0.25, 0.3) is 0 Å². The molecule has 0 unspecified atom stereocenters. The van der Waals surface area contributed by atoms with Gasteiger partial charge in [-0.05, 0) is 44.9 Å². The number of methoxy groups -OCH3 is 1. The number of carbonyl (C=O) groups excluding carboxylic acids is 2. The highest BCUT2D eigenvalue weighted by molar-refractivity contribution is 6.31. The lowest BCUT2D eigenvalue weighted by Crippen LogP contribution is -2.36. The molecule has 1 heterocycles. The van der Waals surface area contributed by atoms with Gasteiger partial charge in [0.1, 0.15) is 0 Å². The molecule has 0 amide bonds. The Morgan fingerprint density at radius 3 is 2.44 bits per heavy atom. The van der Waals surface area contributed by atoms with Crippen molar-refractivity contribution in [1.29, 1.82) is 0 Å². The van der Waals surface area contributed by atoms with Crippen molar-refractivity contribution in [1.82, 2.24) is 10.3 Å². The summed E-state index contributed by atoms with van der Waals surface area (Å²) in [5.74, 6) is -0.565. The standard InChI is InChI=1S/C19H23ClN2O3/c1-10-16(19(24)25-5)12(3)22-17(10)18(23)13(4)21-11(2)14-8-6-7-9-15(14)20/h6-9,11,13,21-22H,1-5H3/t11-,13-/m0/s1. The predicted octanol–water partition coefficient (Wildman–Crippen LogP) is 3.99. The second kappa shape index (κ2) is 7.85. The Hall–Kier alpha value is -2.11. The van der Waals surface area contributed by atoms with E-state index in [-0.39, 0.29) is 11.8 Å². The molecule has 0 aliphatic carbocycles. The molecular weight excluding hydrogens is 340 g/mol. The minimum absolute atomic E-state index is 0.0934. The molecule has 2 rings (SSSR count). The van der Waals surface area contributed by atoms with Crippen LogP contribution in [-0.2, 0) is 4.74 Å². The van der Waals surface area contributed by atoms with Gasteiger partial charge in [0.2, 0.25) is 0 Å². The minimum Gasteiger partial charge on any atom is -0.465 e. The van der Waals surface area contributed by atoms with Crippen molar-refractivity contribution in [3.8, 4) is 0 Å². The van der Waals surface area contributed by atoms with Crippen LogP contribution in [0.15, 0.2) is 24.3 Å². The third kappa shape index (κ3) is 3.94. The normalized spacial score (nSPS) is 13.4. The number of halogens is 1. The van der Waals surface area contributed by atoms with E-state index >= 15 is 0 Å². The molecule has 1 aromatic heterocycles. The van der Waals surface area contributed by atoms with Crippen LogP contribution in [0.1, 0.15) is 57.6 Å². The molecule has 0 aliphatic rings. The first-order valence-corrected chi connectivity index (χ1v) is 8.47. The van der Waals surface area contributed by atoms with Gasteiger partial charge in [-0.15, -0.1) is 0 Å². The average Bonchev–Trinajstić information content (AvgIpc) is 2.88. The highest BCUT2D eigenvalue weighted by atomic mass is 35.5. The first kappa shape index (κ1) is 19.2. The van der Waals surface area contributed by atoms with Crippen molar-refractivity contribution in [2.75, 3.05) is 7.11 Å². The maximum absolute atomic E-state index is 12.8. The number of carbonyl (C=O) groups is 2. The molecule has 2 aromatic rings. The molecule has 0 radical (unpaired) electrons. The molecule has 2 atom stereocenters. The Labute approximate surface area is 152 Å². The lowest BCUT2D eigenvalue weighted by atomic mass is 10.0. The number of Topliss-reactive ketones (excluding diaryl/α,β-unsaturated/α-hetero) is 1. The lowest BCUT2D eigenvalue weighted by molar-refractivity contribution is 0.0599. The number of benzene rings is 1. The molecule has 6 heteroatoms. The topological polar surface area (TPSA) is 71.2 Å². The molecule has 0 bridgehead atoms. The third-order valence-corrected chi connectivity index (χ3v) is 4.68. The van der Waals surface area contributed by atoms with Gasteiger partial charge in [-0.25, -0.2) is 4.79 Å². The number of aromatic amines is 1. The lowest BCUT2D eigenvalue weighted by Gasteiger charge is -2.20. The Balaban J connectivity index is 2.21.